The zero-order valence-electron chi connectivity index (χ0n) is 19.1. The highest BCUT2D eigenvalue weighted by atomic mass is 16.5. The first-order chi connectivity index (χ1) is 15.3. The molecule has 1 aromatic heterocycles. The molecule has 2 aromatic carbocycles. The number of nitrogens with zero attached hydrogens (tertiary/aromatic N) is 2. The average Bonchev–Trinajstić information content (AvgIpc) is 2.79. The molecule has 168 valence electrons. The van der Waals surface area contributed by atoms with Gasteiger partial charge in [-0.25, -0.2) is 0 Å². The summed E-state index contributed by atoms with van der Waals surface area (Å²) in [4.78, 5) is 20.7. The molecule has 1 N–H and O–H groups in total. The van der Waals surface area contributed by atoms with Crippen molar-refractivity contribution < 1.29 is 19.0 Å². The van der Waals surface area contributed by atoms with Gasteiger partial charge in [-0.05, 0) is 57.0 Å². The van der Waals surface area contributed by atoms with Crippen LogP contribution in [0.2, 0.25) is 0 Å². The van der Waals surface area contributed by atoms with Crippen LogP contribution in [0.1, 0.15) is 26.3 Å². The van der Waals surface area contributed by atoms with Crippen LogP contribution < -0.4 is 19.5 Å². The molecule has 0 atom stereocenters. The van der Waals surface area contributed by atoms with Gasteiger partial charge in [-0.2, -0.15) is 9.97 Å². The third-order valence-corrected chi connectivity index (χ3v) is 5.12. The van der Waals surface area contributed by atoms with Gasteiger partial charge in [-0.15, -0.1) is 0 Å². The largest absolute Gasteiger partial charge is 0.497 e. The van der Waals surface area contributed by atoms with Gasteiger partial charge in [-0.3, -0.25) is 4.79 Å². The fourth-order valence-electron chi connectivity index (χ4n) is 2.97. The van der Waals surface area contributed by atoms with Gasteiger partial charge in [0.1, 0.15) is 17.3 Å². The van der Waals surface area contributed by atoms with E-state index in [1.54, 1.807) is 21.0 Å². The zero-order valence-corrected chi connectivity index (χ0v) is 19.1. The molecule has 0 bridgehead atoms. The van der Waals surface area contributed by atoms with E-state index in [0.717, 1.165) is 17.7 Å². The van der Waals surface area contributed by atoms with Crippen molar-refractivity contribution in [1.29, 1.82) is 0 Å². The van der Waals surface area contributed by atoms with E-state index in [1.807, 2.05) is 54.6 Å². The zero-order chi connectivity index (χ0) is 23.1. The van der Waals surface area contributed by atoms with E-state index in [4.69, 9.17) is 14.2 Å². The number of hydrogen-bond donors (Lipinski definition) is 1. The summed E-state index contributed by atoms with van der Waals surface area (Å²) in [6.07, 6.45) is 0.828. The Hall–Kier alpha value is -3.61. The minimum Gasteiger partial charge on any atom is -0.497 e. The molecule has 0 fully saturated rings. The van der Waals surface area contributed by atoms with Crippen LogP contribution in [0.15, 0.2) is 54.6 Å². The maximum Gasteiger partial charge on any atom is 0.318 e. The van der Waals surface area contributed by atoms with Gasteiger partial charge >= 0.3 is 6.01 Å². The molecule has 7 nitrogen and oxygen atoms in total. The number of hydrogen-bond acceptors (Lipinski definition) is 7. The maximum absolute atomic E-state index is 11.8. The Labute approximate surface area is 188 Å². The summed E-state index contributed by atoms with van der Waals surface area (Å²) in [6.45, 7) is 5.71. The molecule has 32 heavy (non-hydrogen) atoms. The van der Waals surface area contributed by atoms with E-state index in [9.17, 15) is 4.79 Å². The van der Waals surface area contributed by atoms with Crippen molar-refractivity contribution in [3.63, 3.8) is 0 Å². The Bertz CT molecular complexity index is 1070. The van der Waals surface area contributed by atoms with Gasteiger partial charge in [-0.1, -0.05) is 24.3 Å². The molecule has 3 aromatic rings. The van der Waals surface area contributed by atoms with Crippen molar-refractivity contribution in [2.75, 3.05) is 26.1 Å². The van der Waals surface area contributed by atoms with Gasteiger partial charge < -0.3 is 19.5 Å². The Morgan fingerprint density at radius 1 is 0.969 bits per heavy atom. The number of nitrogens with one attached hydrogen (secondary N) is 1. The number of ketones is 1. The first kappa shape index (κ1) is 23.1. The normalized spacial score (nSPS) is 11.0. The molecule has 0 saturated carbocycles. The van der Waals surface area contributed by atoms with Crippen LogP contribution in [0, 0.1) is 0 Å². The van der Waals surface area contributed by atoms with Crippen molar-refractivity contribution in [2.45, 2.75) is 32.8 Å². The number of carbonyl (C=O) groups is 1. The van der Waals surface area contributed by atoms with Gasteiger partial charge in [0, 0.05) is 18.2 Å². The number of anilines is 1. The third kappa shape index (κ3) is 5.97. The SMILES string of the molecule is COc1ccc(CCNc2cc(-c3cccc(OC(C)(C)C(C)=O)c3)nc(OC)n2)cc1. The second kappa shape index (κ2) is 10.1. The summed E-state index contributed by atoms with van der Waals surface area (Å²) >= 11 is 0. The summed E-state index contributed by atoms with van der Waals surface area (Å²) in [6, 6.07) is 17.6. The van der Waals surface area contributed by atoms with Crippen molar-refractivity contribution in [3.05, 3.63) is 60.2 Å². The molecule has 0 aliphatic rings. The van der Waals surface area contributed by atoms with E-state index in [1.165, 1.54) is 19.6 Å². The second-order valence-electron chi connectivity index (χ2n) is 7.85. The summed E-state index contributed by atoms with van der Waals surface area (Å²) in [7, 11) is 3.19. The second-order valence-corrected chi connectivity index (χ2v) is 7.85. The van der Waals surface area contributed by atoms with Crippen molar-refractivity contribution in [3.8, 4) is 28.8 Å². The van der Waals surface area contributed by atoms with E-state index in [2.05, 4.69) is 15.3 Å². The molecular weight excluding hydrogens is 406 g/mol. The number of carbonyl (C=O) groups excluding carboxylic acids is 1. The molecular formula is C25H29N3O4. The lowest BCUT2D eigenvalue weighted by Crippen LogP contribution is -2.36. The summed E-state index contributed by atoms with van der Waals surface area (Å²) in [5.74, 6) is 2.05. The predicted octanol–water partition coefficient (Wildman–Crippen LogP) is 4.56. The molecule has 0 saturated heterocycles. The summed E-state index contributed by atoms with van der Waals surface area (Å²) < 4.78 is 16.4. The molecule has 0 radical (unpaired) electrons. The van der Waals surface area contributed by atoms with Crippen molar-refractivity contribution in [1.82, 2.24) is 9.97 Å². The molecule has 3 rings (SSSR count). The molecule has 0 spiro atoms. The van der Waals surface area contributed by atoms with Crippen LogP contribution in [0.5, 0.6) is 17.5 Å². The number of benzene rings is 2. The highest BCUT2D eigenvalue weighted by Gasteiger charge is 2.25. The van der Waals surface area contributed by atoms with Gasteiger partial charge in [0.25, 0.3) is 0 Å². The highest BCUT2D eigenvalue weighted by Crippen LogP contribution is 2.28. The van der Waals surface area contributed by atoms with E-state index in [0.29, 0.717) is 23.8 Å². The smallest absolute Gasteiger partial charge is 0.318 e. The van der Waals surface area contributed by atoms with Crippen LogP contribution in [0.25, 0.3) is 11.3 Å². The summed E-state index contributed by atoms with van der Waals surface area (Å²) in [5.41, 5.74) is 1.81. The monoisotopic (exact) mass is 435 g/mol. The van der Waals surface area contributed by atoms with E-state index in [-0.39, 0.29) is 11.8 Å². The number of methoxy groups -OCH3 is 2. The Kier molecular flexibility index (Phi) is 7.30. The van der Waals surface area contributed by atoms with Crippen LogP contribution in [-0.4, -0.2) is 42.1 Å². The molecule has 0 unspecified atom stereocenters. The quantitative estimate of drug-likeness (QED) is 0.500. The average molecular weight is 436 g/mol. The van der Waals surface area contributed by atoms with Crippen molar-refractivity contribution >= 4 is 11.6 Å². The van der Waals surface area contributed by atoms with Crippen LogP contribution in [-0.2, 0) is 11.2 Å². The molecule has 0 aliphatic carbocycles. The lowest BCUT2D eigenvalue weighted by molar-refractivity contribution is -0.129. The van der Waals surface area contributed by atoms with Gasteiger partial charge in [0.05, 0.1) is 19.9 Å². The van der Waals surface area contributed by atoms with E-state index >= 15 is 0 Å². The lowest BCUT2D eigenvalue weighted by Gasteiger charge is -2.23. The minimum absolute atomic E-state index is 0.0463. The standard InChI is InChI=1S/C25H29N3O4/c1-17(29)25(2,3)32-21-8-6-7-19(15-21)22-16-23(28-24(27-22)31-5)26-14-13-18-9-11-20(30-4)12-10-18/h6-12,15-16H,13-14H2,1-5H3,(H,26,27,28). The number of ether oxygens (including phenoxy) is 3. The lowest BCUT2D eigenvalue weighted by atomic mass is 10.0. The maximum atomic E-state index is 11.8. The van der Waals surface area contributed by atoms with Crippen molar-refractivity contribution in [2.24, 2.45) is 0 Å². The predicted molar refractivity (Wildman–Crippen MR) is 125 cm³/mol. The number of aromatic nitrogens is 2. The minimum atomic E-state index is -0.907. The highest BCUT2D eigenvalue weighted by molar-refractivity contribution is 5.84. The molecule has 1 heterocycles. The van der Waals surface area contributed by atoms with E-state index < -0.39 is 5.60 Å². The topological polar surface area (TPSA) is 82.6 Å². The Balaban J connectivity index is 1.75. The number of rotatable bonds is 10. The Morgan fingerprint density at radius 3 is 2.38 bits per heavy atom. The van der Waals surface area contributed by atoms with Crippen LogP contribution >= 0.6 is 0 Å². The van der Waals surface area contributed by atoms with Gasteiger partial charge in [0.15, 0.2) is 11.4 Å². The van der Waals surface area contributed by atoms with Gasteiger partial charge in [0.2, 0.25) is 0 Å². The first-order valence-electron chi connectivity index (χ1n) is 10.4. The number of Topliss-reactive ketones (excluding diaryl/α,β-unsaturated/α-hetero) is 1. The first-order valence-corrected chi connectivity index (χ1v) is 10.4. The summed E-state index contributed by atoms with van der Waals surface area (Å²) in [5, 5.41) is 3.34. The molecule has 0 aliphatic heterocycles. The Morgan fingerprint density at radius 2 is 1.72 bits per heavy atom. The molecule has 7 heteroatoms. The molecule has 0 amide bonds. The van der Waals surface area contributed by atoms with Crippen LogP contribution in [0.3, 0.4) is 0 Å². The third-order valence-electron chi connectivity index (χ3n) is 5.12. The fraction of sp³-hybridized carbons (Fsp3) is 0.320. The van der Waals surface area contributed by atoms with Crippen LogP contribution in [0.4, 0.5) is 5.82 Å². The fourth-order valence-corrected chi connectivity index (χ4v) is 2.97.